The van der Waals surface area contributed by atoms with Crippen LogP contribution < -0.4 is 5.73 Å². The Balaban J connectivity index is 2.91. The summed E-state index contributed by atoms with van der Waals surface area (Å²) in [6.45, 7) is 7.10. The van der Waals surface area contributed by atoms with Crippen molar-refractivity contribution in [2.24, 2.45) is 5.73 Å². The van der Waals surface area contributed by atoms with Crippen LogP contribution in [0, 0.1) is 6.92 Å². The van der Waals surface area contributed by atoms with E-state index in [2.05, 4.69) is 37.9 Å². The molecule has 2 atom stereocenters. The molecule has 0 saturated carbocycles. The molecule has 1 aromatic rings. The predicted molar refractivity (Wildman–Crippen MR) is 80.1 cm³/mol. The number of aryl methyl sites for hydroxylation is 1. The Morgan fingerprint density at radius 1 is 1.39 bits per heavy atom. The molecule has 0 aliphatic rings. The van der Waals surface area contributed by atoms with Crippen molar-refractivity contribution < 1.29 is 0 Å². The van der Waals surface area contributed by atoms with Crippen molar-refractivity contribution in [3.8, 4) is 0 Å². The molecule has 102 valence electrons. The van der Waals surface area contributed by atoms with Gasteiger partial charge in [0.05, 0.1) is 0 Å². The lowest BCUT2D eigenvalue weighted by molar-refractivity contribution is 0.180. The van der Waals surface area contributed by atoms with E-state index in [9.17, 15) is 0 Å². The van der Waals surface area contributed by atoms with Gasteiger partial charge in [-0.2, -0.15) is 0 Å². The highest BCUT2D eigenvalue weighted by molar-refractivity contribution is 6.31. The van der Waals surface area contributed by atoms with Gasteiger partial charge in [-0.1, -0.05) is 37.1 Å². The number of hydrogen-bond donors (Lipinski definition) is 1. The zero-order chi connectivity index (χ0) is 13.7. The van der Waals surface area contributed by atoms with Gasteiger partial charge in [0.2, 0.25) is 0 Å². The van der Waals surface area contributed by atoms with E-state index in [1.807, 2.05) is 13.0 Å². The first-order chi connectivity index (χ1) is 8.51. The molecule has 3 heteroatoms. The zero-order valence-corrected chi connectivity index (χ0v) is 12.7. The smallest absolute Gasteiger partial charge is 0.0470 e. The minimum absolute atomic E-state index is 0.240. The Hall–Kier alpha value is -0.570. The Labute approximate surface area is 116 Å². The molecule has 0 fully saturated rings. The van der Waals surface area contributed by atoms with Crippen LogP contribution in [0.4, 0.5) is 0 Å². The summed E-state index contributed by atoms with van der Waals surface area (Å²) in [7, 11) is 2.14. The van der Waals surface area contributed by atoms with Crippen LogP contribution in [-0.4, -0.2) is 24.5 Å². The molecule has 0 bridgehead atoms. The molecule has 0 aromatic heterocycles. The Bertz CT molecular complexity index is 379. The largest absolute Gasteiger partial charge is 0.329 e. The normalized spacial score (nSPS) is 14.8. The second-order valence-corrected chi connectivity index (χ2v) is 5.47. The summed E-state index contributed by atoms with van der Waals surface area (Å²) < 4.78 is 0. The summed E-state index contributed by atoms with van der Waals surface area (Å²) in [5.41, 5.74) is 8.26. The molecule has 0 radical (unpaired) electrons. The molecule has 0 saturated heterocycles. The van der Waals surface area contributed by atoms with E-state index in [0.717, 1.165) is 10.6 Å². The number of benzene rings is 1. The van der Waals surface area contributed by atoms with Gasteiger partial charge in [-0.05, 0) is 44.5 Å². The third-order valence-corrected chi connectivity index (χ3v) is 4.10. The van der Waals surface area contributed by atoms with Crippen LogP contribution in [-0.2, 0) is 0 Å². The molecule has 2 unspecified atom stereocenters. The lowest BCUT2D eigenvalue weighted by Gasteiger charge is -2.33. The summed E-state index contributed by atoms with van der Waals surface area (Å²) >= 11 is 6.20. The van der Waals surface area contributed by atoms with Crippen LogP contribution in [0.1, 0.15) is 43.9 Å². The fourth-order valence-electron chi connectivity index (χ4n) is 2.28. The van der Waals surface area contributed by atoms with Gasteiger partial charge in [0.15, 0.2) is 0 Å². The zero-order valence-electron chi connectivity index (χ0n) is 11.9. The van der Waals surface area contributed by atoms with Gasteiger partial charge in [-0.3, -0.25) is 4.90 Å². The quantitative estimate of drug-likeness (QED) is 0.851. The van der Waals surface area contributed by atoms with Crippen molar-refractivity contribution in [1.29, 1.82) is 0 Å². The van der Waals surface area contributed by atoms with Crippen molar-refractivity contribution in [3.05, 3.63) is 34.3 Å². The number of rotatable bonds is 6. The molecular weight excluding hydrogens is 244 g/mol. The van der Waals surface area contributed by atoms with Gasteiger partial charge in [0.25, 0.3) is 0 Å². The first kappa shape index (κ1) is 15.5. The lowest BCUT2D eigenvalue weighted by atomic mass is 10.0. The van der Waals surface area contributed by atoms with Gasteiger partial charge < -0.3 is 5.73 Å². The van der Waals surface area contributed by atoms with Crippen molar-refractivity contribution >= 4 is 11.6 Å². The predicted octanol–water partition coefficient (Wildman–Crippen LogP) is 3.77. The van der Waals surface area contributed by atoms with Crippen molar-refractivity contribution in [2.45, 2.75) is 45.7 Å². The summed E-state index contributed by atoms with van der Waals surface area (Å²) in [4.78, 5) is 2.35. The molecule has 0 heterocycles. The van der Waals surface area contributed by atoms with E-state index in [1.54, 1.807) is 0 Å². The molecule has 0 amide bonds. The second kappa shape index (κ2) is 7.13. The van der Waals surface area contributed by atoms with Gasteiger partial charge >= 0.3 is 0 Å². The summed E-state index contributed by atoms with van der Waals surface area (Å²) in [5, 5.41) is 0.822. The minimum Gasteiger partial charge on any atom is -0.329 e. The fraction of sp³-hybridized carbons (Fsp3) is 0.600. The standard InChI is InChI=1S/C15H25ClN2/c1-5-6-12(3)18(4)15(10-17)13-8-7-11(2)14(16)9-13/h7-9,12,15H,5-6,10,17H2,1-4H3. The second-order valence-electron chi connectivity index (χ2n) is 5.06. The average Bonchev–Trinajstić information content (AvgIpc) is 2.34. The highest BCUT2D eigenvalue weighted by Gasteiger charge is 2.20. The van der Waals surface area contributed by atoms with Crippen molar-refractivity contribution in [3.63, 3.8) is 0 Å². The molecular formula is C15H25ClN2. The number of hydrogen-bond acceptors (Lipinski definition) is 2. The Morgan fingerprint density at radius 3 is 2.56 bits per heavy atom. The van der Waals surface area contributed by atoms with Crippen LogP contribution in [0.2, 0.25) is 5.02 Å². The number of nitrogens with two attached hydrogens (primary N) is 1. The molecule has 0 aliphatic heterocycles. The minimum atomic E-state index is 0.240. The molecule has 2 nitrogen and oxygen atoms in total. The van der Waals surface area contributed by atoms with E-state index < -0.39 is 0 Å². The Morgan fingerprint density at radius 2 is 2.06 bits per heavy atom. The fourth-order valence-corrected chi connectivity index (χ4v) is 2.47. The van der Waals surface area contributed by atoms with Gasteiger partial charge in [-0.15, -0.1) is 0 Å². The number of likely N-dealkylation sites (N-methyl/N-ethyl adjacent to an activating group) is 1. The monoisotopic (exact) mass is 268 g/mol. The number of nitrogens with zero attached hydrogens (tertiary/aromatic N) is 1. The molecule has 1 rings (SSSR count). The molecule has 0 aliphatic carbocycles. The van der Waals surface area contributed by atoms with E-state index in [0.29, 0.717) is 12.6 Å². The molecule has 0 spiro atoms. The SMILES string of the molecule is CCCC(C)N(C)C(CN)c1ccc(C)c(Cl)c1. The van der Waals surface area contributed by atoms with E-state index >= 15 is 0 Å². The van der Waals surface area contributed by atoms with E-state index in [-0.39, 0.29) is 6.04 Å². The molecule has 1 aromatic carbocycles. The first-order valence-corrected chi connectivity index (χ1v) is 7.07. The molecule has 2 N–H and O–H groups in total. The summed E-state index contributed by atoms with van der Waals surface area (Å²) in [6, 6.07) is 7.02. The third kappa shape index (κ3) is 3.71. The maximum atomic E-state index is 6.20. The van der Waals surface area contributed by atoms with E-state index in [1.165, 1.54) is 18.4 Å². The highest BCUT2D eigenvalue weighted by atomic mass is 35.5. The lowest BCUT2D eigenvalue weighted by Crippen LogP contribution is -2.37. The first-order valence-electron chi connectivity index (χ1n) is 6.69. The van der Waals surface area contributed by atoms with Crippen LogP contribution in [0.25, 0.3) is 0 Å². The van der Waals surface area contributed by atoms with Crippen LogP contribution >= 0.6 is 11.6 Å². The van der Waals surface area contributed by atoms with Gasteiger partial charge in [-0.25, -0.2) is 0 Å². The maximum Gasteiger partial charge on any atom is 0.0470 e. The topological polar surface area (TPSA) is 29.3 Å². The Kier molecular flexibility index (Phi) is 6.13. The summed E-state index contributed by atoms with van der Waals surface area (Å²) in [5.74, 6) is 0. The van der Waals surface area contributed by atoms with Gasteiger partial charge in [0.1, 0.15) is 0 Å². The third-order valence-electron chi connectivity index (χ3n) is 3.70. The van der Waals surface area contributed by atoms with Crippen molar-refractivity contribution in [1.82, 2.24) is 4.90 Å². The highest BCUT2D eigenvalue weighted by Crippen LogP contribution is 2.26. The van der Waals surface area contributed by atoms with Crippen molar-refractivity contribution in [2.75, 3.05) is 13.6 Å². The van der Waals surface area contributed by atoms with E-state index in [4.69, 9.17) is 17.3 Å². The maximum absolute atomic E-state index is 6.20. The van der Waals surface area contributed by atoms with Crippen LogP contribution in [0.15, 0.2) is 18.2 Å². The van der Waals surface area contributed by atoms with Gasteiger partial charge in [0, 0.05) is 23.7 Å². The molecule has 18 heavy (non-hydrogen) atoms. The average molecular weight is 269 g/mol. The van der Waals surface area contributed by atoms with Crippen LogP contribution in [0.3, 0.4) is 0 Å². The number of halogens is 1. The van der Waals surface area contributed by atoms with Crippen LogP contribution in [0.5, 0.6) is 0 Å². The summed E-state index contributed by atoms with van der Waals surface area (Å²) in [6.07, 6.45) is 2.38.